The fourth-order valence-electron chi connectivity index (χ4n) is 3.48. The van der Waals surface area contributed by atoms with Crippen LogP contribution < -0.4 is 21.3 Å². The Labute approximate surface area is 234 Å². The Morgan fingerprint density at radius 2 is 1.89 bits per heavy atom. The zero-order chi connectivity index (χ0) is 28.1. The van der Waals surface area contributed by atoms with Gasteiger partial charge in [-0.1, -0.05) is 11.6 Å². The van der Waals surface area contributed by atoms with Gasteiger partial charge in [0.25, 0.3) is 11.8 Å². The summed E-state index contributed by atoms with van der Waals surface area (Å²) < 4.78 is 11.3. The van der Waals surface area contributed by atoms with Gasteiger partial charge >= 0.3 is 12.1 Å². The summed E-state index contributed by atoms with van der Waals surface area (Å²) in [6.45, 7) is 5.49. The van der Waals surface area contributed by atoms with Crippen LogP contribution in [0.15, 0.2) is 36.4 Å². The number of ether oxygens (including phenoxy) is 2. The first-order valence-electron chi connectivity index (χ1n) is 11.8. The number of nitrogens with zero attached hydrogens (tertiary/aromatic N) is 1. The van der Waals surface area contributed by atoms with Gasteiger partial charge < -0.3 is 25.8 Å². The van der Waals surface area contributed by atoms with Gasteiger partial charge in [-0.3, -0.25) is 14.5 Å². The normalized spacial score (nSPS) is 16.9. The number of thioether (sulfide) groups is 1. The summed E-state index contributed by atoms with van der Waals surface area (Å²) >= 11 is 8.49. The molecular weight excluding hydrogens is 552 g/mol. The molecule has 3 rings (SSSR count). The quantitative estimate of drug-likeness (QED) is 0.283. The van der Waals surface area contributed by atoms with Crippen molar-refractivity contribution in [3.05, 3.63) is 45.6 Å². The van der Waals surface area contributed by atoms with Crippen molar-refractivity contribution in [2.24, 2.45) is 5.73 Å². The SMILES string of the molecule is CSCC[C@@](N)(C(=O)Nc1ccc(N2C[C@H](CNC(=O)c3ccc(Cl)s3)OC2=O)cc1)C(=O)OC(C)(C)C. The Balaban J connectivity index is 1.61. The minimum Gasteiger partial charge on any atom is -0.458 e. The van der Waals surface area contributed by atoms with Crippen LogP contribution in [0.4, 0.5) is 16.2 Å². The van der Waals surface area contributed by atoms with Gasteiger partial charge in [0.15, 0.2) is 5.54 Å². The lowest BCUT2D eigenvalue weighted by molar-refractivity contribution is -0.163. The summed E-state index contributed by atoms with van der Waals surface area (Å²) in [5.74, 6) is -1.29. The molecule has 1 saturated heterocycles. The van der Waals surface area contributed by atoms with Crippen molar-refractivity contribution < 1.29 is 28.7 Å². The Morgan fingerprint density at radius 3 is 2.47 bits per heavy atom. The van der Waals surface area contributed by atoms with E-state index in [0.717, 1.165) is 11.3 Å². The highest BCUT2D eigenvalue weighted by molar-refractivity contribution is 7.98. The minimum absolute atomic E-state index is 0.101. The highest BCUT2D eigenvalue weighted by Crippen LogP contribution is 2.25. The van der Waals surface area contributed by atoms with E-state index >= 15 is 0 Å². The van der Waals surface area contributed by atoms with Crippen LogP contribution >= 0.6 is 34.7 Å². The largest absolute Gasteiger partial charge is 0.458 e. The lowest BCUT2D eigenvalue weighted by atomic mass is 9.95. The number of anilines is 2. The number of nitrogens with two attached hydrogens (primary N) is 1. The van der Waals surface area contributed by atoms with Crippen LogP contribution in [0.1, 0.15) is 36.9 Å². The van der Waals surface area contributed by atoms with Crippen LogP contribution in [0, 0.1) is 0 Å². The predicted octanol–water partition coefficient (Wildman–Crippen LogP) is 3.89. The average Bonchev–Trinajstić information content (AvgIpc) is 3.45. The lowest BCUT2D eigenvalue weighted by Crippen LogP contribution is -2.59. The van der Waals surface area contributed by atoms with Crippen LogP contribution in [-0.4, -0.2) is 66.2 Å². The lowest BCUT2D eigenvalue weighted by Gasteiger charge is -2.30. The molecule has 2 aromatic rings. The molecule has 1 aliphatic heterocycles. The number of amides is 3. The van der Waals surface area contributed by atoms with Crippen molar-refractivity contribution in [2.75, 3.05) is 35.3 Å². The molecule has 2 atom stereocenters. The molecule has 0 unspecified atom stereocenters. The molecular formula is C25H31ClN4O6S2. The number of thiophene rings is 1. The Kier molecular flexibility index (Phi) is 9.69. The first kappa shape index (κ1) is 29.8. The van der Waals surface area contributed by atoms with E-state index in [1.165, 1.54) is 16.7 Å². The molecule has 38 heavy (non-hydrogen) atoms. The van der Waals surface area contributed by atoms with Crippen LogP contribution in [0.2, 0.25) is 4.34 Å². The maximum absolute atomic E-state index is 13.1. The molecule has 1 aliphatic rings. The van der Waals surface area contributed by atoms with E-state index in [-0.39, 0.29) is 25.4 Å². The highest BCUT2D eigenvalue weighted by Gasteiger charge is 2.45. The average molecular weight is 583 g/mol. The van der Waals surface area contributed by atoms with E-state index in [9.17, 15) is 19.2 Å². The third-order valence-electron chi connectivity index (χ3n) is 5.47. The fourth-order valence-corrected chi connectivity index (χ4v) is 4.96. The number of carbonyl (C=O) groups is 4. The summed E-state index contributed by atoms with van der Waals surface area (Å²) in [5, 5.41) is 5.42. The first-order chi connectivity index (χ1) is 17.8. The second-order valence-electron chi connectivity index (χ2n) is 9.65. The zero-order valence-corrected chi connectivity index (χ0v) is 23.9. The molecule has 1 fully saturated rings. The smallest absolute Gasteiger partial charge is 0.414 e. The molecule has 206 valence electrons. The van der Waals surface area contributed by atoms with E-state index in [2.05, 4.69) is 10.6 Å². The van der Waals surface area contributed by atoms with Crippen molar-refractivity contribution in [1.82, 2.24) is 5.32 Å². The summed E-state index contributed by atoms with van der Waals surface area (Å²) in [7, 11) is 0. The fraction of sp³-hybridized carbons (Fsp3) is 0.440. The van der Waals surface area contributed by atoms with Gasteiger partial charge in [0.1, 0.15) is 11.7 Å². The third kappa shape index (κ3) is 7.62. The molecule has 1 aromatic heterocycles. The maximum Gasteiger partial charge on any atom is 0.414 e. The monoisotopic (exact) mass is 582 g/mol. The summed E-state index contributed by atoms with van der Waals surface area (Å²) in [6, 6.07) is 9.74. The van der Waals surface area contributed by atoms with Crippen LogP contribution in [-0.2, 0) is 19.1 Å². The summed E-state index contributed by atoms with van der Waals surface area (Å²) in [5.41, 5.74) is 4.55. The Bertz CT molecular complexity index is 1180. The second kappa shape index (κ2) is 12.4. The van der Waals surface area contributed by atoms with E-state index in [1.54, 1.807) is 57.2 Å². The number of rotatable bonds is 10. The molecule has 0 saturated carbocycles. The number of carbonyl (C=O) groups excluding carboxylic acids is 4. The summed E-state index contributed by atoms with van der Waals surface area (Å²) in [4.78, 5) is 52.4. The van der Waals surface area contributed by atoms with Gasteiger partial charge in [-0.15, -0.1) is 11.3 Å². The zero-order valence-electron chi connectivity index (χ0n) is 21.5. The van der Waals surface area contributed by atoms with E-state index in [1.807, 2.05) is 6.26 Å². The van der Waals surface area contributed by atoms with Gasteiger partial charge in [-0.2, -0.15) is 11.8 Å². The third-order valence-corrected chi connectivity index (χ3v) is 7.31. The first-order valence-corrected chi connectivity index (χ1v) is 14.4. The Morgan fingerprint density at radius 1 is 1.21 bits per heavy atom. The number of hydrogen-bond donors (Lipinski definition) is 3. The van der Waals surface area contributed by atoms with Crippen molar-refractivity contribution in [3.8, 4) is 0 Å². The van der Waals surface area contributed by atoms with Gasteiger partial charge in [0.2, 0.25) is 0 Å². The Hall–Kier alpha value is -2.80. The van der Waals surface area contributed by atoms with Crippen molar-refractivity contribution in [1.29, 1.82) is 0 Å². The molecule has 0 spiro atoms. The number of nitrogens with one attached hydrogen (secondary N) is 2. The van der Waals surface area contributed by atoms with E-state index in [0.29, 0.717) is 26.3 Å². The van der Waals surface area contributed by atoms with Crippen molar-refractivity contribution >= 4 is 70.0 Å². The standard InChI is InChI=1S/C25H31ClN4O6S2/c1-24(2,3)36-22(33)25(27,11-12-37-4)21(32)29-15-5-7-16(8-6-15)30-14-17(35-23(30)34)13-28-20(31)18-9-10-19(26)38-18/h5-10,17H,11-14,27H2,1-4H3,(H,28,31)(H,29,32)/t17-,25+/m0/s1. The molecule has 3 amide bonds. The topological polar surface area (TPSA) is 140 Å². The number of hydrogen-bond acceptors (Lipinski definition) is 9. The minimum atomic E-state index is -1.86. The van der Waals surface area contributed by atoms with Crippen molar-refractivity contribution in [3.63, 3.8) is 0 Å². The van der Waals surface area contributed by atoms with Crippen molar-refractivity contribution in [2.45, 2.75) is 44.4 Å². The number of halogens is 1. The second-order valence-corrected chi connectivity index (χ2v) is 12.3. The molecule has 4 N–H and O–H groups in total. The van der Waals surface area contributed by atoms with Gasteiger partial charge in [0, 0.05) is 11.4 Å². The molecule has 0 radical (unpaired) electrons. The van der Waals surface area contributed by atoms with Gasteiger partial charge in [0.05, 0.1) is 22.3 Å². The molecule has 0 bridgehead atoms. The van der Waals surface area contributed by atoms with Gasteiger partial charge in [-0.25, -0.2) is 9.59 Å². The predicted molar refractivity (Wildman–Crippen MR) is 150 cm³/mol. The molecule has 10 nitrogen and oxygen atoms in total. The van der Waals surface area contributed by atoms with Crippen LogP contribution in [0.5, 0.6) is 0 Å². The molecule has 1 aromatic carbocycles. The molecule has 13 heteroatoms. The maximum atomic E-state index is 13.1. The van der Waals surface area contributed by atoms with E-state index in [4.69, 9.17) is 26.8 Å². The van der Waals surface area contributed by atoms with Crippen LogP contribution in [0.3, 0.4) is 0 Å². The highest BCUT2D eigenvalue weighted by atomic mass is 35.5. The number of benzene rings is 1. The molecule has 0 aliphatic carbocycles. The molecule has 2 heterocycles. The number of cyclic esters (lactones) is 1. The number of esters is 1. The van der Waals surface area contributed by atoms with Crippen LogP contribution in [0.25, 0.3) is 0 Å². The van der Waals surface area contributed by atoms with E-state index < -0.39 is 35.2 Å². The summed E-state index contributed by atoms with van der Waals surface area (Å²) in [6.07, 6.45) is 0.866. The van der Waals surface area contributed by atoms with Gasteiger partial charge in [-0.05, 0) is 75.6 Å².